The summed E-state index contributed by atoms with van der Waals surface area (Å²) in [5, 5.41) is 4.11. The Morgan fingerprint density at radius 1 is 1.04 bits per heavy atom. The molecular weight excluding hydrogens is 362 g/mol. The van der Waals surface area contributed by atoms with Crippen LogP contribution in [0.3, 0.4) is 0 Å². The number of carbonyl (C=O) groups is 4. The molecule has 4 amide bonds. The molecule has 1 aromatic heterocycles. The maximum absolute atomic E-state index is 12.0. The van der Waals surface area contributed by atoms with E-state index < -0.39 is 23.8 Å². The van der Waals surface area contributed by atoms with Crippen LogP contribution in [0.2, 0.25) is 0 Å². The van der Waals surface area contributed by atoms with E-state index in [-0.39, 0.29) is 5.57 Å². The number of ether oxygens (including phenoxy) is 1. The van der Waals surface area contributed by atoms with Crippen molar-refractivity contribution in [3.63, 3.8) is 0 Å². The average molecular weight is 381 g/mol. The van der Waals surface area contributed by atoms with E-state index in [4.69, 9.17) is 4.74 Å². The zero-order valence-corrected chi connectivity index (χ0v) is 15.9. The van der Waals surface area contributed by atoms with Crippen molar-refractivity contribution in [3.8, 4) is 5.69 Å². The summed E-state index contributed by atoms with van der Waals surface area (Å²) in [5.41, 5.74) is 4.39. The molecule has 8 heteroatoms. The lowest BCUT2D eigenvalue weighted by Gasteiger charge is -2.15. The third-order valence-corrected chi connectivity index (χ3v) is 4.57. The van der Waals surface area contributed by atoms with Gasteiger partial charge in [-0.05, 0) is 62.2 Å². The third kappa shape index (κ3) is 3.32. The van der Waals surface area contributed by atoms with Gasteiger partial charge in [-0.25, -0.2) is 9.59 Å². The van der Waals surface area contributed by atoms with E-state index in [0.717, 1.165) is 22.6 Å². The van der Waals surface area contributed by atoms with Gasteiger partial charge in [0.1, 0.15) is 5.57 Å². The molecule has 1 saturated heterocycles. The summed E-state index contributed by atoms with van der Waals surface area (Å²) < 4.78 is 6.71. The van der Waals surface area contributed by atoms with Crippen LogP contribution in [0.25, 0.3) is 11.8 Å². The molecule has 1 fully saturated rings. The maximum Gasteiger partial charge on any atom is 0.337 e. The maximum atomic E-state index is 12.0. The molecule has 2 N–H and O–H groups in total. The molecule has 2 aromatic rings. The Bertz CT molecular complexity index is 1040. The molecule has 0 aliphatic carbocycles. The first-order valence-electron chi connectivity index (χ1n) is 8.49. The van der Waals surface area contributed by atoms with E-state index in [1.54, 1.807) is 12.1 Å². The predicted molar refractivity (Wildman–Crippen MR) is 101 cm³/mol. The Kier molecular flexibility index (Phi) is 4.87. The largest absolute Gasteiger partial charge is 0.465 e. The summed E-state index contributed by atoms with van der Waals surface area (Å²) in [6, 6.07) is 6.24. The second-order valence-corrected chi connectivity index (χ2v) is 6.45. The molecule has 0 saturated carbocycles. The normalized spacial score (nSPS) is 13.9. The number of hydrogen-bond acceptors (Lipinski definition) is 5. The van der Waals surface area contributed by atoms with Gasteiger partial charge in [0.2, 0.25) is 0 Å². The van der Waals surface area contributed by atoms with Crippen LogP contribution in [0.1, 0.15) is 32.9 Å². The van der Waals surface area contributed by atoms with Gasteiger partial charge >= 0.3 is 12.0 Å². The summed E-state index contributed by atoms with van der Waals surface area (Å²) in [6.07, 6.45) is 1.45. The Morgan fingerprint density at radius 3 is 2.25 bits per heavy atom. The fraction of sp³-hybridized carbons (Fsp3) is 0.200. The van der Waals surface area contributed by atoms with Crippen LogP contribution in [-0.4, -0.2) is 35.5 Å². The predicted octanol–water partition coefficient (Wildman–Crippen LogP) is 1.94. The molecule has 1 aliphatic heterocycles. The number of hydrogen-bond donors (Lipinski definition) is 2. The third-order valence-electron chi connectivity index (χ3n) is 4.57. The Labute approximate surface area is 161 Å². The van der Waals surface area contributed by atoms with Crippen LogP contribution in [0.15, 0.2) is 29.8 Å². The molecule has 28 heavy (non-hydrogen) atoms. The highest BCUT2D eigenvalue weighted by molar-refractivity contribution is 6.31. The van der Waals surface area contributed by atoms with Gasteiger partial charge in [0.15, 0.2) is 0 Å². The first-order chi connectivity index (χ1) is 13.2. The minimum atomic E-state index is -0.834. The summed E-state index contributed by atoms with van der Waals surface area (Å²) in [6.45, 7) is 5.64. The molecule has 1 aliphatic rings. The molecule has 144 valence electrons. The zero-order valence-electron chi connectivity index (χ0n) is 15.9. The van der Waals surface area contributed by atoms with Gasteiger partial charge in [-0.3, -0.25) is 20.2 Å². The number of nitrogens with zero attached hydrogens (tertiary/aromatic N) is 1. The lowest BCUT2D eigenvalue weighted by atomic mass is 10.1. The van der Waals surface area contributed by atoms with E-state index >= 15 is 0 Å². The summed E-state index contributed by atoms with van der Waals surface area (Å²) in [7, 11) is 1.33. The number of aryl methyl sites for hydroxylation is 2. The molecule has 3 rings (SSSR count). The number of urea groups is 1. The van der Waals surface area contributed by atoms with Gasteiger partial charge in [-0.2, -0.15) is 0 Å². The van der Waals surface area contributed by atoms with Crippen molar-refractivity contribution < 1.29 is 23.9 Å². The van der Waals surface area contributed by atoms with Crippen LogP contribution in [0.5, 0.6) is 0 Å². The lowest BCUT2D eigenvalue weighted by Crippen LogP contribution is -2.51. The topological polar surface area (TPSA) is 106 Å². The van der Waals surface area contributed by atoms with Gasteiger partial charge in [-0.1, -0.05) is 0 Å². The number of esters is 1. The van der Waals surface area contributed by atoms with Gasteiger partial charge < -0.3 is 9.30 Å². The summed E-state index contributed by atoms with van der Waals surface area (Å²) >= 11 is 0. The molecule has 0 radical (unpaired) electrons. The van der Waals surface area contributed by atoms with Crippen LogP contribution >= 0.6 is 0 Å². The average Bonchev–Trinajstić information content (AvgIpc) is 2.91. The van der Waals surface area contributed by atoms with Crippen molar-refractivity contribution in [1.82, 2.24) is 15.2 Å². The second kappa shape index (κ2) is 7.15. The first kappa shape index (κ1) is 19.1. The molecule has 0 bridgehead atoms. The van der Waals surface area contributed by atoms with E-state index in [1.807, 2.05) is 37.5 Å². The first-order valence-corrected chi connectivity index (χ1v) is 8.49. The Balaban J connectivity index is 2.05. The van der Waals surface area contributed by atoms with E-state index in [1.165, 1.54) is 13.2 Å². The smallest absolute Gasteiger partial charge is 0.337 e. The van der Waals surface area contributed by atoms with Crippen LogP contribution in [-0.2, 0) is 14.3 Å². The molecule has 0 spiro atoms. The van der Waals surface area contributed by atoms with E-state index in [0.29, 0.717) is 11.1 Å². The van der Waals surface area contributed by atoms with Crippen LogP contribution in [0, 0.1) is 20.8 Å². The summed E-state index contributed by atoms with van der Waals surface area (Å²) in [4.78, 5) is 46.8. The number of aromatic nitrogens is 1. The number of benzene rings is 1. The van der Waals surface area contributed by atoms with Crippen molar-refractivity contribution in [2.24, 2.45) is 0 Å². The van der Waals surface area contributed by atoms with Crippen molar-refractivity contribution >= 4 is 29.9 Å². The van der Waals surface area contributed by atoms with Crippen molar-refractivity contribution in [2.75, 3.05) is 7.11 Å². The number of imide groups is 2. The molecule has 0 unspecified atom stereocenters. The molecular formula is C20H19N3O5. The fourth-order valence-corrected chi connectivity index (χ4v) is 3.22. The van der Waals surface area contributed by atoms with Gasteiger partial charge in [0.05, 0.1) is 12.7 Å². The SMILES string of the molecule is COC(=O)c1ccc(-n2c(C)cc(C=C3C(=O)NC(=O)NC3=O)c2C)c(C)c1. The van der Waals surface area contributed by atoms with Crippen LogP contribution < -0.4 is 10.6 Å². The zero-order chi connectivity index (χ0) is 20.6. The highest BCUT2D eigenvalue weighted by Crippen LogP contribution is 2.26. The number of nitrogens with one attached hydrogen (secondary N) is 2. The quantitative estimate of drug-likeness (QED) is 0.480. The highest BCUT2D eigenvalue weighted by Gasteiger charge is 2.28. The Hall–Kier alpha value is -3.68. The number of rotatable bonds is 3. The van der Waals surface area contributed by atoms with Gasteiger partial charge in [0.25, 0.3) is 11.8 Å². The number of carbonyl (C=O) groups excluding carboxylic acids is 4. The molecule has 1 aromatic carbocycles. The van der Waals surface area contributed by atoms with Gasteiger partial charge in [0, 0.05) is 17.1 Å². The number of methoxy groups -OCH3 is 1. The fourth-order valence-electron chi connectivity index (χ4n) is 3.22. The van der Waals surface area contributed by atoms with Crippen molar-refractivity contribution in [1.29, 1.82) is 0 Å². The van der Waals surface area contributed by atoms with Crippen molar-refractivity contribution in [2.45, 2.75) is 20.8 Å². The van der Waals surface area contributed by atoms with Gasteiger partial charge in [-0.15, -0.1) is 0 Å². The standard InChI is InChI=1S/C20H19N3O5/c1-10-7-13(19(26)28-4)5-6-16(10)23-11(2)8-14(12(23)3)9-15-17(24)21-20(27)22-18(15)25/h5-9H,1-4H3,(H2,21,22,24,25,27). The summed E-state index contributed by atoms with van der Waals surface area (Å²) in [5.74, 6) is -1.89. The molecule has 8 nitrogen and oxygen atoms in total. The molecule has 0 atom stereocenters. The number of barbiturate groups is 1. The van der Waals surface area contributed by atoms with E-state index in [9.17, 15) is 19.2 Å². The van der Waals surface area contributed by atoms with E-state index in [2.05, 4.69) is 10.6 Å². The monoisotopic (exact) mass is 381 g/mol. The van der Waals surface area contributed by atoms with Crippen LogP contribution in [0.4, 0.5) is 4.79 Å². The molecule has 2 heterocycles. The number of amides is 4. The second-order valence-electron chi connectivity index (χ2n) is 6.45. The highest BCUT2D eigenvalue weighted by atomic mass is 16.5. The minimum Gasteiger partial charge on any atom is -0.465 e. The Morgan fingerprint density at radius 2 is 1.68 bits per heavy atom. The lowest BCUT2D eigenvalue weighted by molar-refractivity contribution is -0.123. The van der Waals surface area contributed by atoms with Crippen molar-refractivity contribution in [3.05, 3.63) is 57.9 Å². The minimum absolute atomic E-state index is 0.141.